The summed E-state index contributed by atoms with van der Waals surface area (Å²) in [5, 5.41) is 12.5. The van der Waals surface area contributed by atoms with Crippen LogP contribution in [0, 0.1) is 5.92 Å². The summed E-state index contributed by atoms with van der Waals surface area (Å²) < 4.78 is 0. The zero-order valence-corrected chi connectivity index (χ0v) is 16.9. The van der Waals surface area contributed by atoms with E-state index in [-0.39, 0.29) is 37.8 Å². The SMILES string of the molecule is CCCCC[C@H](CC(=O)NOCc1ccccc1)C(=O)[C@H]1CNCCN1C(=O)O. The molecule has 0 radical (unpaired) electrons. The highest BCUT2D eigenvalue weighted by atomic mass is 16.6. The molecule has 3 N–H and O–H groups in total. The van der Waals surface area contributed by atoms with E-state index in [0.29, 0.717) is 13.0 Å². The van der Waals surface area contributed by atoms with Crippen molar-refractivity contribution in [1.82, 2.24) is 15.7 Å². The standard InChI is InChI=1S/C21H31N3O5/c1-2-3-5-10-17(20(26)18-14-22-11-12-24(18)21(27)28)13-19(25)23-29-15-16-8-6-4-7-9-16/h4,6-9,17-18,22H,2-3,5,10-15H2,1H3,(H,23,25)(H,27,28)/t17-,18-/m1/s1. The summed E-state index contributed by atoms with van der Waals surface area (Å²) in [5.41, 5.74) is 3.33. The molecule has 1 fully saturated rings. The number of Topliss-reactive ketones (excluding diaryl/α,β-unsaturated/α-hetero) is 1. The largest absolute Gasteiger partial charge is 0.465 e. The van der Waals surface area contributed by atoms with Crippen molar-refractivity contribution in [2.75, 3.05) is 19.6 Å². The number of rotatable bonds is 11. The fourth-order valence-corrected chi connectivity index (χ4v) is 3.48. The van der Waals surface area contributed by atoms with Crippen molar-refractivity contribution < 1.29 is 24.3 Å². The molecule has 8 nitrogen and oxygen atoms in total. The van der Waals surface area contributed by atoms with Crippen LogP contribution in [0.15, 0.2) is 30.3 Å². The van der Waals surface area contributed by atoms with E-state index in [1.807, 2.05) is 30.3 Å². The molecule has 0 bridgehead atoms. The molecule has 1 aliphatic heterocycles. The van der Waals surface area contributed by atoms with Gasteiger partial charge in [0.25, 0.3) is 0 Å². The van der Waals surface area contributed by atoms with Gasteiger partial charge in [0.1, 0.15) is 6.04 Å². The molecule has 0 unspecified atom stereocenters. The highest BCUT2D eigenvalue weighted by molar-refractivity contribution is 5.92. The van der Waals surface area contributed by atoms with Crippen LogP contribution >= 0.6 is 0 Å². The van der Waals surface area contributed by atoms with Crippen LogP contribution in [-0.4, -0.2) is 53.5 Å². The van der Waals surface area contributed by atoms with Crippen molar-refractivity contribution in [3.63, 3.8) is 0 Å². The Morgan fingerprint density at radius 3 is 2.72 bits per heavy atom. The molecule has 0 saturated carbocycles. The molecule has 0 spiro atoms. The number of carboxylic acid groups (broad SMARTS) is 1. The lowest BCUT2D eigenvalue weighted by Crippen LogP contribution is -2.58. The van der Waals surface area contributed by atoms with Gasteiger partial charge < -0.3 is 10.4 Å². The van der Waals surface area contributed by atoms with Crippen molar-refractivity contribution in [2.45, 2.75) is 51.7 Å². The van der Waals surface area contributed by atoms with E-state index in [2.05, 4.69) is 17.7 Å². The quantitative estimate of drug-likeness (QED) is 0.385. The first-order valence-corrected chi connectivity index (χ1v) is 10.2. The highest BCUT2D eigenvalue weighted by Gasteiger charge is 2.36. The molecular weight excluding hydrogens is 374 g/mol. The molecule has 2 amide bonds. The predicted octanol–water partition coefficient (Wildman–Crippen LogP) is 2.34. The monoisotopic (exact) mass is 405 g/mol. The Bertz CT molecular complexity index is 668. The first kappa shape index (κ1) is 22.8. The molecule has 1 aromatic rings. The minimum absolute atomic E-state index is 0.0126. The Hall–Kier alpha value is -2.45. The lowest BCUT2D eigenvalue weighted by Gasteiger charge is -2.35. The number of piperazine rings is 1. The van der Waals surface area contributed by atoms with E-state index in [4.69, 9.17) is 4.84 Å². The van der Waals surface area contributed by atoms with Crippen molar-refractivity contribution >= 4 is 17.8 Å². The number of amides is 2. The number of carbonyl (C=O) groups is 3. The molecule has 1 aromatic carbocycles. The van der Waals surface area contributed by atoms with Gasteiger partial charge in [-0.25, -0.2) is 10.3 Å². The number of nitrogens with one attached hydrogen (secondary N) is 2. The predicted molar refractivity (Wildman–Crippen MR) is 108 cm³/mol. The van der Waals surface area contributed by atoms with Crippen LogP contribution in [0.25, 0.3) is 0 Å². The van der Waals surface area contributed by atoms with E-state index in [0.717, 1.165) is 24.8 Å². The molecule has 2 rings (SSSR count). The first-order chi connectivity index (χ1) is 14.0. The van der Waals surface area contributed by atoms with Gasteiger partial charge in [-0.3, -0.25) is 19.3 Å². The molecule has 2 atom stereocenters. The van der Waals surface area contributed by atoms with Gasteiger partial charge in [-0.15, -0.1) is 0 Å². The second kappa shape index (κ2) is 12.2. The lowest BCUT2D eigenvalue weighted by atomic mass is 9.88. The Labute approximate surface area is 171 Å². The highest BCUT2D eigenvalue weighted by Crippen LogP contribution is 2.20. The maximum atomic E-state index is 13.1. The Balaban J connectivity index is 1.93. The van der Waals surface area contributed by atoms with Crippen LogP contribution in [0.5, 0.6) is 0 Å². The second-order valence-corrected chi connectivity index (χ2v) is 7.29. The third-order valence-corrected chi connectivity index (χ3v) is 5.08. The Morgan fingerprint density at radius 2 is 2.03 bits per heavy atom. The van der Waals surface area contributed by atoms with Crippen molar-refractivity contribution in [3.8, 4) is 0 Å². The van der Waals surface area contributed by atoms with Gasteiger partial charge >= 0.3 is 6.09 Å². The van der Waals surface area contributed by atoms with Crippen LogP contribution in [0.1, 0.15) is 44.6 Å². The molecular formula is C21H31N3O5. The van der Waals surface area contributed by atoms with Gasteiger partial charge in [-0.05, 0) is 12.0 Å². The van der Waals surface area contributed by atoms with Crippen molar-refractivity contribution in [3.05, 3.63) is 35.9 Å². The van der Waals surface area contributed by atoms with E-state index in [1.165, 1.54) is 4.90 Å². The number of nitrogens with zero attached hydrogens (tertiary/aromatic N) is 1. The van der Waals surface area contributed by atoms with Crippen molar-refractivity contribution in [1.29, 1.82) is 0 Å². The Kier molecular flexibility index (Phi) is 9.59. The van der Waals surface area contributed by atoms with Gasteiger partial charge in [-0.1, -0.05) is 56.5 Å². The van der Waals surface area contributed by atoms with Gasteiger partial charge in [0.2, 0.25) is 5.91 Å². The summed E-state index contributed by atoms with van der Waals surface area (Å²) in [6.07, 6.45) is 2.22. The zero-order valence-electron chi connectivity index (χ0n) is 16.9. The minimum Gasteiger partial charge on any atom is -0.465 e. The fraction of sp³-hybridized carbons (Fsp3) is 0.571. The molecule has 1 aliphatic rings. The van der Waals surface area contributed by atoms with Crippen LogP contribution in [0.3, 0.4) is 0 Å². The number of hydroxylamine groups is 1. The molecule has 1 saturated heterocycles. The molecule has 0 aliphatic carbocycles. The summed E-state index contributed by atoms with van der Waals surface area (Å²) in [6.45, 7) is 3.37. The summed E-state index contributed by atoms with van der Waals surface area (Å²) in [6, 6.07) is 8.69. The molecule has 1 heterocycles. The number of unbranched alkanes of at least 4 members (excludes halogenated alkanes) is 2. The van der Waals surface area contributed by atoms with E-state index in [9.17, 15) is 19.5 Å². The normalized spacial score (nSPS) is 17.6. The molecule has 8 heteroatoms. The summed E-state index contributed by atoms with van der Waals surface area (Å²) in [5.74, 6) is -1.11. The number of hydrogen-bond donors (Lipinski definition) is 3. The molecule has 29 heavy (non-hydrogen) atoms. The average molecular weight is 405 g/mol. The lowest BCUT2D eigenvalue weighted by molar-refractivity contribution is -0.139. The van der Waals surface area contributed by atoms with E-state index >= 15 is 0 Å². The number of hydrogen-bond acceptors (Lipinski definition) is 5. The summed E-state index contributed by atoms with van der Waals surface area (Å²) in [4.78, 5) is 43.4. The van der Waals surface area contributed by atoms with Gasteiger partial charge in [0, 0.05) is 32.0 Å². The fourth-order valence-electron chi connectivity index (χ4n) is 3.48. The number of benzene rings is 1. The average Bonchev–Trinajstić information content (AvgIpc) is 2.73. The van der Waals surface area contributed by atoms with Gasteiger partial charge in [0.15, 0.2) is 5.78 Å². The van der Waals surface area contributed by atoms with Crippen LogP contribution in [0.2, 0.25) is 0 Å². The number of ketones is 1. The van der Waals surface area contributed by atoms with Gasteiger partial charge in [0.05, 0.1) is 6.61 Å². The maximum absolute atomic E-state index is 13.1. The van der Waals surface area contributed by atoms with E-state index < -0.39 is 18.1 Å². The molecule has 0 aromatic heterocycles. The third kappa shape index (κ3) is 7.47. The Morgan fingerprint density at radius 1 is 1.28 bits per heavy atom. The van der Waals surface area contributed by atoms with Crippen LogP contribution < -0.4 is 10.8 Å². The number of carbonyl (C=O) groups excluding carboxylic acids is 2. The van der Waals surface area contributed by atoms with Crippen LogP contribution in [0.4, 0.5) is 4.79 Å². The summed E-state index contributed by atoms with van der Waals surface area (Å²) in [7, 11) is 0. The maximum Gasteiger partial charge on any atom is 0.408 e. The van der Waals surface area contributed by atoms with E-state index in [1.54, 1.807) is 0 Å². The summed E-state index contributed by atoms with van der Waals surface area (Å²) >= 11 is 0. The van der Waals surface area contributed by atoms with Crippen molar-refractivity contribution in [2.24, 2.45) is 5.92 Å². The van der Waals surface area contributed by atoms with Gasteiger partial charge in [-0.2, -0.15) is 0 Å². The third-order valence-electron chi connectivity index (χ3n) is 5.08. The minimum atomic E-state index is -1.10. The molecule has 160 valence electrons. The first-order valence-electron chi connectivity index (χ1n) is 10.2. The topological polar surface area (TPSA) is 108 Å². The second-order valence-electron chi connectivity index (χ2n) is 7.29. The van der Waals surface area contributed by atoms with Crippen LogP contribution in [-0.2, 0) is 21.0 Å². The smallest absolute Gasteiger partial charge is 0.408 e. The zero-order chi connectivity index (χ0) is 21.1.